The van der Waals surface area contributed by atoms with Crippen molar-refractivity contribution in [2.24, 2.45) is 0 Å². The molecule has 0 amide bonds. The van der Waals surface area contributed by atoms with Crippen LogP contribution < -0.4 is 0 Å². The van der Waals surface area contributed by atoms with E-state index in [0.717, 1.165) is 32.9 Å². The molecule has 0 saturated carbocycles. The Morgan fingerprint density at radius 3 is 2.09 bits per heavy atom. The van der Waals surface area contributed by atoms with Gasteiger partial charge in [-0.3, -0.25) is 0 Å². The lowest BCUT2D eigenvalue weighted by molar-refractivity contribution is 0.515. The van der Waals surface area contributed by atoms with Crippen LogP contribution in [0.25, 0.3) is 33.5 Å². The quantitative estimate of drug-likeness (QED) is 0.394. The van der Waals surface area contributed by atoms with Crippen molar-refractivity contribution in [3.8, 4) is 0 Å². The molecular weight excluding hydrogens is 282 g/mol. The Morgan fingerprint density at radius 1 is 0.696 bits per heavy atom. The van der Waals surface area contributed by atoms with Crippen molar-refractivity contribution >= 4 is 33.5 Å². The van der Waals surface area contributed by atoms with E-state index in [1.54, 1.807) is 6.08 Å². The largest absolute Gasteiger partial charge is 0.507 e. The smallest absolute Gasteiger partial charge is 0.124 e. The number of rotatable bonds is 2. The Morgan fingerprint density at radius 2 is 1.30 bits per heavy atom. The van der Waals surface area contributed by atoms with Gasteiger partial charge in [-0.2, -0.15) is 0 Å². The summed E-state index contributed by atoms with van der Waals surface area (Å²) < 4.78 is 0. The molecule has 1 N–H and O–H groups in total. The number of benzene rings is 3. The number of fused-ring (bicyclic) bond motifs is 3. The standard InChI is InChI=1S/C21H15NO/c23-21(15-8-2-1-3-9-15)14-20-18-12-5-4-10-16(18)17-11-6-7-13-19(17)22-20/h1-14,23H/b21-14-. The number of aliphatic hydroxyl groups excluding tert-OH is 1. The van der Waals surface area contributed by atoms with E-state index in [0.29, 0.717) is 0 Å². The van der Waals surface area contributed by atoms with Gasteiger partial charge in [0.2, 0.25) is 0 Å². The molecule has 110 valence electrons. The lowest BCUT2D eigenvalue weighted by atomic mass is 10.0. The minimum absolute atomic E-state index is 0.221. The number of nitrogens with zero attached hydrogens (tertiary/aromatic N) is 1. The fraction of sp³-hybridized carbons (Fsp3) is 0. The second-order valence-corrected chi connectivity index (χ2v) is 5.46. The van der Waals surface area contributed by atoms with E-state index in [9.17, 15) is 5.11 Å². The molecule has 2 nitrogen and oxygen atoms in total. The highest BCUT2D eigenvalue weighted by molar-refractivity contribution is 6.08. The van der Waals surface area contributed by atoms with Gasteiger partial charge >= 0.3 is 0 Å². The molecule has 0 bridgehead atoms. The number of aliphatic hydroxyl groups is 1. The number of hydrogen-bond donors (Lipinski definition) is 1. The molecular formula is C21H15NO. The van der Waals surface area contributed by atoms with Gasteiger partial charge in [0.1, 0.15) is 5.76 Å². The van der Waals surface area contributed by atoms with Crippen LogP contribution in [0.1, 0.15) is 11.3 Å². The van der Waals surface area contributed by atoms with Crippen LogP contribution in [0.4, 0.5) is 0 Å². The first-order valence-electron chi connectivity index (χ1n) is 7.56. The van der Waals surface area contributed by atoms with Gasteiger partial charge < -0.3 is 5.11 Å². The minimum atomic E-state index is 0.221. The summed E-state index contributed by atoms with van der Waals surface area (Å²) in [5.41, 5.74) is 2.49. The topological polar surface area (TPSA) is 33.1 Å². The third-order valence-corrected chi connectivity index (χ3v) is 3.98. The molecule has 2 heteroatoms. The fourth-order valence-electron chi connectivity index (χ4n) is 2.86. The van der Waals surface area contributed by atoms with Crippen molar-refractivity contribution in [3.05, 3.63) is 90.1 Å². The monoisotopic (exact) mass is 297 g/mol. The van der Waals surface area contributed by atoms with E-state index in [-0.39, 0.29) is 5.76 Å². The lowest BCUT2D eigenvalue weighted by Gasteiger charge is -2.07. The molecule has 0 atom stereocenters. The maximum absolute atomic E-state index is 10.4. The molecule has 0 aliphatic carbocycles. The van der Waals surface area contributed by atoms with Gasteiger partial charge in [0, 0.05) is 22.4 Å². The van der Waals surface area contributed by atoms with Crippen molar-refractivity contribution in [2.75, 3.05) is 0 Å². The van der Waals surface area contributed by atoms with Gasteiger partial charge in [0.15, 0.2) is 0 Å². The number of aromatic nitrogens is 1. The zero-order chi connectivity index (χ0) is 15.6. The van der Waals surface area contributed by atoms with Crippen molar-refractivity contribution < 1.29 is 5.11 Å². The first kappa shape index (κ1) is 13.5. The van der Waals surface area contributed by atoms with Crippen LogP contribution >= 0.6 is 0 Å². The van der Waals surface area contributed by atoms with Crippen LogP contribution in [-0.4, -0.2) is 10.1 Å². The van der Waals surface area contributed by atoms with Gasteiger partial charge in [-0.15, -0.1) is 0 Å². The summed E-state index contributed by atoms with van der Waals surface area (Å²) in [6.45, 7) is 0. The third kappa shape index (κ3) is 2.44. The summed E-state index contributed by atoms with van der Waals surface area (Å²) in [4.78, 5) is 4.73. The Hall–Kier alpha value is -3.13. The lowest BCUT2D eigenvalue weighted by Crippen LogP contribution is -1.90. The maximum Gasteiger partial charge on any atom is 0.124 e. The normalized spacial score (nSPS) is 11.9. The third-order valence-electron chi connectivity index (χ3n) is 3.98. The molecule has 0 radical (unpaired) electrons. The van der Waals surface area contributed by atoms with E-state index in [2.05, 4.69) is 12.1 Å². The summed E-state index contributed by atoms with van der Waals surface area (Å²) in [7, 11) is 0. The van der Waals surface area contributed by atoms with Gasteiger partial charge in [-0.05, 0) is 11.5 Å². The summed E-state index contributed by atoms with van der Waals surface area (Å²) in [5, 5.41) is 13.7. The van der Waals surface area contributed by atoms with E-state index in [1.165, 1.54) is 0 Å². The van der Waals surface area contributed by atoms with Crippen molar-refractivity contribution in [3.63, 3.8) is 0 Å². The molecule has 4 rings (SSSR count). The number of hydrogen-bond acceptors (Lipinski definition) is 2. The predicted molar refractivity (Wildman–Crippen MR) is 96.2 cm³/mol. The highest BCUT2D eigenvalue weighted by Gasteiger charge is 2.07. The Kier molecular flexibility index (Phi) is 3.28. The Labute approximate surface area is 134 Å². The Bertz CT molecular complexity index is 1020. The van der Waals surface area contributed by atoms with Crippen LogP contribution in [-0.2, 0) is 0 Å². The molecule has 0 unspecified atom stereocenters. The van der Waals surface area contributed by atoms with Crippen LogP contribution in [0, 0.1) is 0 Å². The van der Waals surface area contributed by atoms with Gasteiger partial charge in [-0.25, -0.2) is 4.98 Å². The van der Waals surface area contributed by atoms with Gasteiger partial charge in [-0.1, -0.05) is 72.8 Å². The molecule has 4 aromatic rings. The zero-order valence-electron chi connectivity index (χ0n) is 12.5. The van der Waals surface area contributed by atoms with Crippen molar-refractivity contribution in [1.82, 2.24) is 4.98 Å². The van der Waals surface area contributed by atoms with Crippen LogP contribution in [0.3, 0.4) is 0 Å². The second-order valence-electron chi connectivity index (χ2n) is 5.46. The Balaban J connectivity index is 1.99. The molecule has 0 saturated heterocycles. The highest BCUT2D eigenvalue weighted by Crippen LogP contribution is 2.28. The average Bonchev–Trinajstić information content (AvgIpc) is 2.62. The van der Waals surface area contributed by atoms with E-state index < -0.39 is 0 Å². The van der Waals surface area contributed by atoms with Crippen molar-refractivity contribution in [2.45, 2.75) is 0 Å². The summed E-state index contributed by atoms with van der Waals surface area (Å²) in [6, 6.07) is 25.8. The molecule has 0 aliphatic rings. The van der Waals surface area contributed by atoms with E-state index in [4.69, 9.17) is 4.98 Å². The van der Waals surface area contributed by atoms with E-state index in [1.807, 2.05) is 66.7 Å². The minimum Gasteiger partial charge on any atom is -0.507 e. The summed E-state index contributed by atoms with van der Waals surface area (Å²) in [5.74, 6) is 0.221. The molecule has 1 heterocycles. The molecule has 0 fully saturated rings. The second kappa shape index (κ2) is 5.58. The van der Waals surface area contributed by atoms with Gasteiger partial charge in [0.05, 0.1) is 11.2 Å². The molecule has 23 heavy (non-hydrogen) atoms. The van der Waals surface area contributed by atoms with Gasteiger partial charge in [0.25, 0.3) is 0 Å². The predicted octanol–water partition coefficient (Wildman–Crippen LogP) is 5.44. The molecule has 1 aromatic heterocycles. The maximum atomic E-state index is 10.4. The molecule has 0 aliphatic heterocycles. The van der Waals surface area contributed by atoms with E-state index >= 15 is 0 Å². The molecule has 3 aromatic carbocycles. The number of para-hydroxylation sites is 1. The average molecular weight is 297 g/mol. The van der Waals surface area contributed by atoms with Crippen molar-refractivity contribution in [1.29, 1.82) is 0 Å². The zero-order valence-corrected chi connectivity index (χ0v) is 12.5. The fourth-order valence-corrected chi connectivity index (χ4v) is 2.86. The summed E-state index contributed by atoms with van der Waals surface area (Å²) >= 11 is 0. The van der Waals surface area contributed by atoms with Crippen LogP contribution in [0.5, 0.6) is 0 Å². The molecule has 0 spiro atoms. The first-order chi connectivity index (χ1) is 11.3. The summed E-state index contributed by atoms with van der Waals surface area (Å²) in [6.07, 6.45) is 1.74. The number of pyridine rings is 1. The highest BCUT2D eigenvalue weighted by atomic mass is 16.3. The van der Waals surface area contributed by atoms with Crippen LogP contribution in [0.15, 0.2) is 78.9 Å². The van der Waals surface area contributed by atoms with Crippen LogP contribution in [0.2, 0.25) is 0 Å². The first-order valence-corrected chi connectivity index (χ1v) is 7.56. The SMILES string of the molecule is O/C(=C\c1nc2ccccc2c2ccccc12)c1ccccc1.